The second-order valence-corrected chi connectivity index (χ2v) is 4.95. The smallest absolute Gasteiger partial charge is 0.0679 e. The Labute approximate surface area is 120 Å². The summed E-state index contributed by atoms with van der Waals surface area (Å²) in [5, 5.41) is 8.86. The van der Waals surface area contributed by atoms with Crippen LogP contribution in [0, 0.1) is 5.92 Å². The summed E-state index contributed by atoms with van der Waals surface area (Å²) in [6.07, 6.45) is 8.34. The molecule has 0 aromatic rings. The van der Waals surface area contributed by atoms with Gasteiger partial charge in [-0.1, -0.05) is 52.9 Å². The minimum atomic E-state index is -0.0509. The Kier molecular flexibility index (Phi) is 15.1. The molecule has 2 rings (SSSR count). The van der Waals surface area contributed by atoms with Gasteiger partial charge in [0.15, 0.2) is 0 Å². The maximum atomic E-state index is 8.86. The summed E-state index contributed by atoms with van der Waals surface area (Å²) in [5.41, 5.74) is 0. The molecule has 17 heavy (non-hydrogen) atoms. The predicted molar refractivity (Wildman–Crippen MR) is 71.7 cm³/mol. The molecule has 2 aliphatic rings. The van der Waals surface area contributed by atoms with Crippen LogP contribution in [0.2, 0.25) is 0 Å². The van der Waals surface area contributed by atoms with Crippen molar-refractivity contribution in [1.82, 2.24) is 4.90 Å². The van der Waals surface area contributed by atoms with Crippen LogP contribution in [0.4, 0.5) is 0 Å². The third-order valence-electron chi connectivity index (χ3n) is 3.26. The van der Waals surface area contributed by atoms with E-state index in [0.29, 0.717) is 0 Å². The first kappa shape index (κ1) is 19.8. The number of likely N-dealkylation sites (tertiary alicyclic amines) is 1. The van der Waals surface area contributed by atoms with E-state index in [1.807, 2.05) is 20.9 Å². The molecule has 2 fully saturated rings. The van der Waals surface area contributed by atoms with E-state index >= 15 is 0 Å². The standard InChI is InChI=1S/C7H14.C5H11NO.C2H6.V/c1-7-5-3-2-4-6-7;1-6-3-2-5(7)4-6;1-2;/h7H,2-6H2,1H3;5,7H,2-4H2,1H3;1-2H3;. The van der Waals surface area contributed by atoms with Gasteiger partial charge in [0.1, 0.15) is 0 Å². The van der Waals surface area contributed by atoms with Crippen LogP contribution in [-0.4, -0.2) is 36.2 Å². The second kappa shape index (κ2) is 12.9. The normalized spacial score (nSPS) is 24.9. The van der Waals surface area contributed by atoms with Gasteiger partial charge in [0.25, 0.3) is 0 Å². The van der Waals surface area contributed by atoms with Gasteiger partial charge in [-0.25, -0.2) is 0 Å². The number of aliphatic hydroxyl groups excluding tert-OH is 1. The van der Waals surface area contributed by atoms with Gasteiger partial charge in [-0.05, 0) is 19.4 Å². The van der Waals surface area contributed by atoms with Crippen LogP contribution in [0.1, 0.15) is 59.3 Å². The molecule has 0 spiro atoms. The fourth-order valence-electron chi connectivity index (χ4n) is 2.22. The molecule has 1 aliphatic heterocycles. The summed E-state index contributed by atoms with van der Waals surface area (Å²) in [7, 11) is 2.02. The van der Waals surface area contributed by atoms with E-state index in [9.17, 15) is 0 Å². The number of hydrogen-bond donors (Lipinski definition) is 1. The van der Waals surface area contributed by atoms with Gasteiger partial charge in [-0.15, -0.1) is 0 Å². The predicted octanol–water partition coefficient (Wildman–Crippen LogP) is 3.29. The quantitative estimate of drug-likeness (QED) is 0.736. The number of rotatable bonds is 0. The fourth-order valence-corrected chi connectivity index (χ4v) is 2.22. The van der Waals surface area contributed by atoms with Gasteiger partial charge < -0.3 is 10.0 Å². The van der Waals surface area contributed by atoms with Crippen LogP contribution >= 0.6 is 0 Å². The molecule has 1 aliphatic carbocycles. The molecule has 0 bridgehead atoms. The zero-order chi connectivity index (χ0) is 12.4. The summed E-state index contributed by atoms with van der Waals surface area (Å²) < 4.78 is 0. The maximum absolute atomic E-state index is 8.86. The van der Waals surface area contributed by atoms with E-state index in [0.717, 1.165) is 25.4 Å². The Morgan fingerprint density at radius 1 is 1.00 bits per heavy atom. The molecule has 0 aromatic heterocycles. The first-order chi connectivity index (χ1) is 7.68. The third-order valence-corrected chi connectivity index (χ3v) is 3.26. The summed E-state index contributed by atoms with van der Waals surface area (Å²) in [5.74, 6) is 1.04. The monoisotopic (exact) mass is 280 g/mol. The van der Waals surface area contributed by atoms with Crippen molar-refractivity contribution in [2.45, 2.75) is 65.4 Å². The molecule has 0 amide bonds. The van der Waals surface area contributed by atoms with Crippen molar-refractivity contribution >= 4 is 0 Å². The van der Waals surface area contributed by atoms with E-state index in [1.165, 1.54) is 32.1 Å². The average Bonchev–Trinajstić information content (AvgIpc) is 2.67. The molecular formula is C14H31NOV. The SMILES string of the molecule is CC.CC1CCCCC1.CN1CCC(O)C1.[V]. The number of aliphatic hydroxyl groups is 1. The van der Waals surface area contributed by atoms with Gasteiger partial charge in [-0.2, -0.15) is 0 Å². The Bertz CT molecular complexity index is 137. The molecule has 1 saturated carbocycles. The molecule has 1 unspecified atom stereocenters. The number of hydrogen-bond acceptors (Lipinski definition) is 2. The minimum Gasteiger partial charge on any atom is -0.392 e. The van der Waals surface area contributed by atoms with E-state index in [1.54, 1.807) is 0 Å². The van der Waals surface area contributed by atoms with Crippen molar-refractivity contribution in [2.24, 2.45) is 5.92 Å². The van der Waals surface area contributed by atoms with Crippen molar-refractivity contribution in [3.63, 3.8) is 0 Å². The zero-order valence-electron chi connectivity index (χ0n) is 12.2. The van der Waals surface area contributed by atoms with E-state index in [-0.39, 0.29) is 24.7 Å². The van der Waals surface area contributed by atoms with Crippen LogP contribution in [0.15, 0.2) is 0 Å². The van der Waals surface area contributed by atoms with Crippen molar-refractivity contribution in [2.75, 3.05) is 20.1 Å². The van der Waals surface area contributed by atoms with Crippen LogP contribution in [-0.2, 0) is 18.6 Å². The summed E-state index contributed by atoms with van der Waals surface area (Å²) in [6.45, 7) is 8.28. The number of likely N-dealkylation sites (N-methyl/N-ethyl adjacent to an activating group) is 1. The van der Waals surface area contributed by atoms with Gasteiger partial charge in [0.05, 0.1) is 6.10 Å². The van der Waals surface area contributed by atoms with Crippen molar-refractivity contribution in [3.05, 3.63) is 0 Å². The Hall–Kier alpha value is 0.504. The van der Waals surface area contributed by atoms with E-state index in [4.69, 9.17) is 5.11 Å². The number of nitrogens with zero attached hydrogens (tertiary/aromatic N) is 1. The molecule has 2 nitrogen and oxygen atoms in total. The molecule has 103 valence electrons. The summed E-state index contributed by atoms with van der Waals surface area (Å²) in [6, 6.07) is 0. The maximum Gasteiger partial charge on any atom is 0.0679 e. The molecule has 0 aromatic carbocycles. The minimum absolute atomic E-state index is 0. The molecular weight excluding hydrogens is 249 g/mol. The van der Waals surface area contributed by atoms with E-state index in [2.05, 4.69) is 11.8 Å². The Morgan fingerprint density at radius 3 is 1.71 bits per heavy atom. The van der Waals surface area contributed by atoms with Crippen LogP contribution in [0.5, 0.6) is 0 Å². The molecule has 1 heterocycles. The van der Waals surface area contributed by atoms with Gasteiger partial charge in [-0.3, -0.25) is 0 Å². The molecule has 1 atom stereocenters. The van der Waals surface area contributed by atoms with Gasteiger partial charge in [0.2, 0.25) is 0 Å². The van der Waals surface area contributed by atoms with Crippen LogP contribution < -0.4 is 0 Å². The third kappa shape index (κ3) is 11.3. The van der Waals surface area contributed by atoms with Crippen molar-refractivity contribution < 1.29 is 23.7 Å². The van der Waals surface area contributed by atoms with E-state index < -0.39 is 0 Å². The van der Waals surface area contributed by atoms with Crippen LogP contribution in [0.25, 0.3) is 0 Å². The zero-order valence-corrected chi connectivity index (χ0v) is 13.5. The first-order valence-corrected chi connectivity index (χ1v) is 7.05. The van der Waals surface area contributed by atoms with Gasteiger partial charge in [0, 0.05) is 31.6 Å². The fraction of sp³-hybridized carbons (Fsp3) is 1.00. The Morgan fingerprint density at radius 2 is 1.53 bits per heavy atom. The van der Waals surface area contributed by atoms with Gasteiger partial charge >= 0.3 is 0 Å². The summed E-state index contributed by atoms with van der Waals surface area (Å²) in [4.78, 5) is 2.13. The topological polar surface area (TPSA) is 23.5 Å². The summed E-state index contributed by atoms with van der Waals surface area (Å²) >= 11 is 0. The molecule has 1 saturated heterocycles. The van der Waals surface area contributed by atoms with Crippen LogP contribution in [0.3, 0.4) is 0 Å². The average molecular weight is 280 g/mol. The largest absolute Gasteiger partial charge is 0.392 e. The molecule has 1 N–H and O–H groups in total. The molecule has 3 heteroatoms. The Balaban J connectivity index is 0. The van der Waals surface area contributed by atoms with Crippen molar-refractivity contribution in [3.8, 4) is 0 Å². The number of β-amino-alcohol motifs (C(OH)–C–C–N with tert-alkyl or cyclic N) is 1. The molecule has 1 radical (unpaired) electrons. The first-order valence-electron chi connectivity index (χ1n) is 7.05. The van der Waals surface area contributed by atoms with Crippen molar-refractivity contribution in [1.29, 1.82) is 0 Å². The second-order valence-electron chi connectivity index (χ2n) is 4.95.